The molecule has 0 saturated carbocycles. The van der Waals surface area contributed by atoms with E-state index in [9.17, 15) is 14.4 Å². The predicted molar refractivity (Wildman–Crippen MR) is 82.5 cm³/mol. The van der Waals surface area contributed by atoms with E-state index in [1.807, 2.05) is 0 Å². The summed E-state index contributed by atoms with van der Waals surface area (Å²) in [6.45, 7) is 4.35. The average molecular weight is 323 g/mol. The van der Waals surface area contributed by atoms with E-state index in [1.165, 1.54) is 7.11 Å². The van der Waals surface area contributed by atoms with Crippen LogP contribution in [0.1, 0.15) is 31.1 Å². The minimum absolute atomic E-state index is 0.349. The number of ketones is 1. The van der Waals surface area contributed by atoms with E-state index in [0.717, 1.165) is 0 Å². The summed E-state index contributed by atoms with van der Waals surface area (Å²) in [4.78, 5) is 34.7. The molecular weight excluding hydrogens is 302 g/mol. The molecule has 1 N–H and O–H groups in total. The second kappa shape index (κ2) is 8.17. The van der Waals surface area contributed by atoms with Gasteiger partial charge in [0.1, 0.15) is 17.9 Å². The van der Waals surface area contributed by atoms with Crippen molar-refractivity contribution in [3.63, 3.8) is 0 Å². The molecule has 0 unspecified atom stereocenters. The Balaban J connectivity index is 2.35. The molecule has 1 amide bonds. The number of nitrogens with one attached hydrogen (secondary N) is 1. The van der Waals surface area contributed by atoms with E-state index in [4.69, 9.17) is 14.2 Å². The number of esters is 1. The molecule has 0 bridgehead atoms. The second-order valence-electron chi connectivity index (χ2n) is 5.67. The molecule has 0 aromatic heterocycles. The largest absolute Gasteiger partial charge is 0.497 e. The number of alkyl carbamates (subject to hydrolysis) is 1. The van der Waals surface area contributed by atoms with Gasteiger partial charge < -0.3 is 19.5 Å². The number of hydrogen-bond donors (Lipinski definition) is 1. The van der Waals surface area contributed by atoms with Crippen LogP contribution in [0.25, 0.3) is 0 Å². The van der Waals surface area contributed by atoms with Gasteiger partial charge in [-0.1, -0.05) is 0 Å². The van der Waals surface area contributed by atoms with Crippen molar-refractivity contribution in [3.8, 4) is 5.75 Å². The first kappa shape index (κ1) is 18.5. The number of carbonyl (C=O) groups is 3. The van der Waals surface area contributed by atoms with Crippen molar-refractivity contribution in [1.29, 1.82) is 0 Å². The lowest BCUT2D eigenvalue weighted by Gasteiger charge is -2.19. The Labute approximate surface area is 134 Å². The van der Waals surface area contributed by atoms with Crippen LogP contribution < -0.4 is 10.1 Å². The number of rotatable bonds is 6. The van der Waals surface area contributed by atoms with Crippen LogP contribution in [0.5, 0.6) is 5.75 Å². The fourth-order valence-corrected chi connectivity index (χ4v) is 1.52. The molecule has 0 fully saturated rings. The first-order chi connectivity index (χ1) is 10.7. The fourth-order valence-electron chi connectivity index (χ4n) is 1.52. The number of benzene rings is 1. The number of hydrogen-bond acceptors (Lipinski definition) is 6. The summed E-state index contributed by atoms with van der Waals surface area (Å²) < 4.78 is 14.8. The lowest BCUT2D eigenvalue weighted by atomic mass is 10.1. The topological polar surface area (TPSA) is 90.9 Å². The molecule has 0 aliphatic carbocycles. The Kier molecular flexibility index (Phi) is 6.56. The molecule has 1 aromatic carbocycles. The van der Waals surface area contributed by atoms with Gasteiger partial charge in [0, 0.05) is 5.56 Å². The monoisotopic (exact) mass is 323 g/mol. The van der Waals surface area contributed by atoms with Crippen LogP contribution in [-0.4, -0.2) is 43.7 Å². The zero-order chi connectivity index (χ0) is 17.5. The predicted octanol–water partition coefficient (Wildman–Crippen LogP) is 1.95. The van der Waals surface area contributed by atoms with Crippen molar-refractivity contribution >= 4 is 17.8 Å². The maximum absolute atomic E-state index is 11.8. The molecule has 1 aromatic rings. The van der Waals surface area contributed by atoms with Crippen LogP contribution in [0.4, 0.5) is 4.79 Å². The number of carbonyl (C=O) groups excluding carboxylic acids is 3. The van der Waals surface area contributed by atoms with Crippen molar-refractivity contribution < 1.29 is 28.6 Å². The van der Waals surface area contributed by atoms with E-state index in [0.29, 0.717) is 11.3 Å². The summed E-state index contributed by atoms with van der Waals surface area (Å²) in [6, 6.07) is 6.43. The second-order valence-corrected chi connectivity index (χ2v) is 5.67. The van der Waals surface area contributed by atoms with Crippen LogP contribution in [0.2, 0.25) is 0 Å². The minimum Gasteiger partial charge on any atom is -0.497 e. The van der Waals surface area contributed by atoms with E-state index < -0.39 is 24.3 Å². The lowest BCUT2D eigenvalue weighted by molar-refractivity contribution is -0.141. The molecule has 0 aliphatic rings. The number of Topliss-reactive ketones (excluding diaryl/α,β-unsaturated/α-hetero) is 1. The zero-order valence-corrected chi connectivity index (χ0v) is 13.7. The van der Waals surface area contributed by atoms with E-state index in [2.05, 4.69) is 5.32 Å². The first-order valence-electron chi connectivity index (χ1n) is 7.01. The fraction of sp³-hybridized carbons (Fsp3) is 0.438. The van der Waals surface area contributed by atoms with Gasteiger partial charge in [-0.25, -0.2) is 4.79 Å². The standard InChI is InChI=1S/C16H21NO6/c1-16(2,3)23-15(20)17-9-14(19)22-10-13(18)11-5-7-12(21-4)8-6-11/h5-8H,9-10H2,1-4H3,(H,17,20). The molecular formula is C16H21NO6. The van der Waals surface area contributed by atoms with Gasteiger partial charge in [0.05, 0.1) is 7.11 Å². The molecule has 0 atom stereocenters. The third-order valence-corrected chi connectivity index (χ3v) is 2.55. The third kappa shape index (κ3) is 7.30. The molecule has 126 valence electrons. The van der Waals surface area contributed by atoms with Crippen molar-refractivity contribution in [2.45, 2.75) is 26.4 Å². The summed E-state index contributed by atoms with van der Waals surface area (Å²) in [5, 5.41) is 2.25. The van der Waals surface area contributed by atoms with Gasteiger partial charge in [0.15, 0.2) is 12.4 Å². The van der Waals surface area contributed by atoms with Gasteiger partial charge >= 0.3 is 12.1 Å². The van der Waals surface area contributed by atoms with Crippen LogP contribution in [0, 0.1) is 0 Å². The van der Waals surface area contributed by atoms with Gasteiger partial charge in [0.25, 0.3) is 0 Å². The Morgan fingerprint density at radius 1 is 1.09 bits per heavy atom. The lowest BCUT2D eigenvalue weighted by Crippen LogP contribution is -2.36. The number of ether oxygens (including phenoxy) is 3. The molecule has 0 aliphatic heterocycles. The SMILES string of the molecule is COc1ccc(C(=O)COC(=O)CNC(=O)OC(C)(C)C)cc1. The van der Waals surface area contributed by atoms with Gasteiger partial charge in [-0.15, -0.1) is 0 Å². The van der Waals surface area contributed by atoms with Crippen molar-refractivity contribution in [2.24, 2.45) is 0 Å². The number of methoxy groups -OCH3 is 1. The molecule has 0 radical (unpaired) electrons. The van der Waals surface area contributed by atoms with Gasteiger partial charge in [-0.05, 0) is 45.0 Å². The summed E-state index contributed by atoms with van der Waals surface area (Å²) >= 11 is 0. The Hall–Kier alpha value is -2.57. The minimum atomic E-state index is -0.726. The molecule has 0 saturated heterocycles. The smallest absolute Gasteiger partial charge is 0.408 e. The van der Waals surface area contributed by atoms with Crippen molar-refractivity contribution in [1.82, 2.24) is 5.32 Å². The summed E-state index contributed by atoms with van der Waals surface area (Å²) in [7, 11) is 1.52. The summed E-state index contributed by atoms with van der Waals surface area (Å²) in [5.74, 6) is -0.448. The molecule has 7 nitrogen and oxygen atoms in total. The normalized spacial score (nSPS) is 10.6. The van der Waals surface area contributed by atoms with Crippen LogP contribution in [0.15, 0.2) is 24.3 Å². The Bertz CT molecular complexity index is 559. The molecule has 7 heteroatoms. The maximum atomic E-state index is 11.8. The van der Waals surface area contributed by atoms with E-state index >= 15 is 0 Å². The molecule has 23 heavy (non-hydrogen) atoms. The van der Waals surface area contributed by atoms with Gasteiger partial charge in [-0.3, -0.25) is 9.59 Å². The summed E-state index contributed by atoms with van der Waals surface area (Å²) in [6.07, 6.45) is -0.726. The Morgan fingerprint density at radius 2 is 1.70 bits per heavy atom. The first-order valence-corrected chi connectivity index (χ1v) is 7.01. The van der Waals surface area contributed by atoms with Crippen LogP contribution in [0.3, 0.4) is 0 Å². The highest BCUT2D eigenvalue weighted by atomic mass is 16.6. The third-order valence-electron chi connectivity index (χ3n) is 2.55. The Morgan fingerprint density at radius 3 is 2.22 bits per heavy atom. The highest BCUT2D eigenvalue weighted by Crippen LogP contribution is 2.11. The van der Waals surface area contributed by atoms with Crippen molar-refractivity contribution in [2.75, 3.05) is 20.3 Å². The van der Waals surface area contributed by atoms with E-state index in [1.54, 1.807) is 45.0 Å². The van der Waals surface area contributed by atoms with Gasteiger partial charge in [-0.2, -0.15) is 0 Å². The molecule has 0 heterocycles. The highest BCUT2D eigenvalue weighted by molar-refractivity contribution is 5.98. The molecule has 0 spiro atoms. The molecule has 1 rings (SSSR count). The van der Waals surface area contributed by atoms with Crippen LogP contribution in [-0.2, 0) is 14.3 Å². The maximum Gasteiger partial charge on any atom is 0.408 e. The quantitative estimate of drug-likeness (QED) is 0.635. The van der Waals surface area contributed by atoms with Gasteiger partial charge in [0.2, 0.25) is 0 Å². The average Bonchev–Trinajstić information content (AvgIpc) is 2.49. The highest BCUT2D eigenvalue weighted by Gasteiger charge is 2.17. The van der Waals surface area contributed by atoms with Crippen molar-refractivity contribution in [3.05, 3.63) is 29.8 Å². The summed E-state index contributed by atoms with van der Waals surface area (Å²) in [5.41, 5.74) is -0.253. The van der Waals surface area contributed by atoms with E-state index in [-0.39, 0.29) is 12.3 Å². The zero-order valence-electron chi connectivity index (χ0n) is 13.7. The van der Waals surface area contributed by atoms with Crippen LogP contribution >= 0.6 is 0 Å². The number of amides is 1.